The lowest BCUT2D eigenvalue weighted by Crippen LogP contribution is -2.34. The number of nitrogens with one attached hydrogen (secondary N) is 2. The van der Waals surface area contributed by atoms with Gasteiger partial charge in [-0.1, -0.05) is 29.3 Å². The third-order valence-electron chi connectivity index (χ3n) is 3.28. The van der Waals surface area contributed by atoms with Crippen LogP contribution in [-0.4, -0.2) is 25.6 Å². The highest BCUT2D eigenvalue weighted by Gasteiger charge is 2.17. The maximum absolute atomic E-state index is 11.6. The summed E-state index contributed by atoms with van der Waals surface area (Å²) in [6.45, 7) is 4.59. The van der Waals surface area contributed by atoms with Crippen LogP contribution in [0.5, 0.6) is 5.75 Å². The van der Waals surface area contributed by atoms with Gasteiger partial charge in [-0.3, -0.25) is 4.79 Å². The van der Waals surface area contributed by atoms with Crippen LogP contribution in [0.3, 0.4) is 0 Å². The first-order chi connectivity index (χ1) is 9.70. The van der Waals surface area contributed by atoms with Crippen molar-refractivity contribution in [3.63, 3.8) is 0 Å². The monoisotopic (exact) mass is 340 g/mol. The van der Waals surface area contributed by atoms with E-state index in [0.717, 1.165) is 48.2 Å². The number of halogens is 1. The lowest BCUT2D eigenvalue weighted by Gasteiger charge is -2.10. The van der Waals surface area contributed by atoms with Gasteiger partial charge in [-0.25, -0.2) is 0 Å². The van der Waals surface area contributed by atoms with E-state index in [1.807, 2.05) is 6.07 Å². The second-order valence-corrected chi connectivity index (χ2v) is 5.87. The Morgan fingerprint density at radius 1 is 1.45 bits per heavy atom. The normalized spacial score (nSPS) is 12.9. The summed E-state index contributed by atoms with van der Waals surface area (Å²) in [6.07, 6.45) is 3.08. The summed E-state index contributed by atoms with van der Waals surface area (Å²) in [5.74, 6) is 1.03. The Hall–Kier alpha value is -1.07. The highest BCUT2D eigenvalue weighted by atomic mass is 79.9. The number of ether oxygens (including phenoxy) is 1. The molecule has 2 rings (SSSR count). The van der Waals surface area contributed by atoms with Gasteiger partial charge in [0.25, 0.3) is 0 Å². The predicted octanol–water partition coefficient (Wildman–Crippen LogP) is 2.39. The van der Waals surface area contributed by atoms with Crippen LogP contribution in [0.2, 0.25) is 0 Å². The average molecular weight is 341 g/mol. The van der Waals surface area contributed by atoms with Gasteiger partial charge >= 0.3 is 0 Å². The number of fused-ring (bicyclic) bond motifs is 1. The van der Waals surface area contributed by atoms with Crippen molar-refractivity contribution < 1.29 is 9.53 Å². The zero-order valence-corrected chi connectivity index (χ0v) is 13.4. The van der Waals surface area contributed by atoms with Crippen molar-refractivity contribution in [1.82, 2.24) is 10.6 Å². The standard InChI is InChI=1S/C15H21BrN2O2/c1-2-3-5-18-14(19)10-17-9-12-8-13(16)7-11-4-6-20-15(11)12/h7-8,17H,2-6,9-10H2,1H3,(H,18,19). The molecule has 0 atom stereocenters. The quantitative estimate of drug-likeness (QED) is 0.749. The Morgan fingerprint density at radius 2 is 2.30 bits per heavy atom. The highest BCUT2D eigenvalue weighted by Crippen LogP contribution is 2.32. The third kappa shape index (κ3) is 4.21. The van der Waals surface area contributed by atoms with Crippen LogP contribution < -0.4 is 15.4 Å². The van der Waals surface area contributed by atoms with Crippen molar-refractivity contribution >= 4 is 21.8 Å². The molecule has 0 bridgehead atoms. The van der Waals surface area contributed by atoms with E-state index in [1.54, 1.807) is 0 Å². The molecule has 0 fully saturated rings. The maximum atomic E-state index is 11.6. The van der Waals surface area contributed by atoms with Crippen LogP contribution in [0, 0.1) is 0 Å². The van der Waals surface area contributed by atoms with Crippen LogP contribution >= 0.6 is 15.9 Å². The third-order valence-corrected chi connectivity index (χ3v) is 3.74. The molecule has 2 N–H and O–H groups in total. The van der Waals surface area contributed by atoms with Gasteiger partial charge in [0.2, 0.25) is 5.91 Å². The molecular weight excluding hydrogens is 320 g/mol. The lowest BCUT2D eigenvalue weighted by atomic mass is 10.1. The van der Waals surface area contributed by atoms with E-state index in [9.17, 15) is 4.79 Å². The maximum Gasteiger partial charge on any atom is 0.233 e. The van der Waals surface area contributed by atoms with E-state index in [1.165, 1.54) is 5.56 Å². The SMILES string of the molecule is CCCCNC(=O)CNCc1cc(Br)cc2c1OCC2. The van der Waals surface area contributed by atoms with Crippen LogP contribution in [0.4, 0.5) is 0 Å². The Labute approximate surface area is 128 Å². The fourth-order valence-electron chi connectivity index (χ4n) is 2.26. The molecule has 1 aromatic rings. The van der Waals surface area contributed by atoms with Crippen LogP contribution in [-0.2, 0) is 17.8 Å². The summed E-state index contributed by atoms with van der Waals surface area (Å²) in [6, 6.07) is 4.15. The number of amides is 1. The number of carbonyl (C=O) groups is 1. The molecule has 110 valence electrons. The smallest absolute Gasteiger partial charge is 0.233 e. The Morgan fingerprint density at radius 3 is 3.10 bits per heavy atom. The summed E-state index contributed by atoms with van der Waals surface area (Å²) in [5.41, 5.74) is 2.34. The molecule has 0 aromatic heterocycles. The minimum absolute atomic E-state index is 0.0472. The predicted molar refractivity (Wildman–Crippen MR) is 83.0 cm³/mol. The van der Waals surface area contributed by atoms with Crippen molar-refractivity contribution in [3.8, 4) is 5.75 Å². The molecule has 1 aliphatic rings. The fourth-order valence-corrected chi connectivity index (χ4v) is 2.81. The molecule has 1 aliphatic heterocycles. The molecule has 1 heterocycles. The van der Waals surface area contributed by atoms with Crippen molar-refractivity contribution in [2.24, 2.45) is 0 Å². The van der Waals surface area contributed by atoms with Crippen molar-refractivity contribution in [3.05, 3.63) is 27.7 Å². The van der Waals surface area contributed by atoms with E-state index in [-0.39, 0.29) is 5.91 Å². The van der Waals surface area contributed by atoms with Crippen LogP contribution in [0.1, 0.15) is 30.9 Å². The summed E-state index contributed by atoms with van der Waals surface area (Å²) in [4.78, 5) is 11.6. The zero-order valence-electron chi connectivity index (χ0n) is 11.8. The first kappa shape index (κ1) is 15.3. The van der Waals surface area contributed by atoms with Gasteiger partial charge in [0.15, 0.2) is 0 Å². The molecule has 4 nitrogen and oxygen atoms in total. The van der Waals surface area contributed by atoms with Gasteiger partial charge < -0.3 is 15.4 Å². The topological polar surface area (TPSA) is 50.4 Å². The summed E-state index contributed by atoms with van der Waals surface area (Å²) in [7, 11) is 0. The van der Waals surface area contributed by atoms with Gasteiger partial charge in [-0.05, 0) is 24.1 Å². The van der Waals surface area contributed by atoms with Gasteiger partial charge in [-0.2, -0.15) is 0 Å². The van der Waals surface area contributed by atoms with Crippen LogP contribution in [0.25, 0.3) is 0 Å². The molecule has 20 heavy (non-hydrogen) atoms. The van der Waals surface area contributed by atoms with Crippen LogP contribution in [0.15, 0.2) is 16.6 Å². The minimum atomic E-state index is 0.0472. The molecule has 0 spiro atoms. The largest absolute Gasteiger partial charge is 0.493 e. The second-order valence-electron chi connectivity index (χ2n) is 4.96. The second kappa shape index (κ2) is 7.64. The number of carbonyl (C=O) groups excluding carboxylic acids is 1. The number of unbranched alkanes of at least 4 members (excludes halogenated alkanes) is 1. The summed E-state index contributed by atoms with van der Waals surface area (Å²) < 4.78 is 6.72. The molecule has 0 unspecified atom stereocenters. The summed E-state index contributed by atoms with van der Waals surface area (Å²) in [5, 5.41) is 6.06. The van der Waals surface area contributed by atoms with E-state index in [0.29, 0.717) is 13.1 Å². The average Bonchev–Trinajstić information content (AvgIpc) is 2.87. The molecular formula is C15H21BrN2O2. The Balaban J connectivity index is 1.81. The van der Waals surface area contributed by atoms with Crippen molar-refractivity contribution in [2.75, 3.05) is 19.7 Å². The molecule has 0 saturated heterocycles. The first-order valence-corrected chi connectivity index (χ1v) is 7.91. The number of benzene rings is 1. The Bertz CT molecular complexity index is 477. The van der Waals surface area contributed by atoms with Gasteiger partial charge in [0.1, 0.15) is 5.75 Å². The molecule has 0 aliphatic carbocycles. The van der Waals surface area contributed by atoms with Crippen molar-refractivity contribution in [2.45, 2.75) is 32.7 Å². The van der Waals surface area contributed by atoms with E-state index < -0.39 is 0 Å². The molecule has 0 saturated carbocycles. The fraction of sp³-hybridized carbons (Fsp3) is 0.533. The summed E-state index contributed by atoms with van der Waals surface area (Å²) >= 11 is 3.52. The number of hydrogen-bond donors (Lipinski definition) is 2. The molecule has 1 amide bonds. The minimum Gasteiger partial charge on any atom is -0.493 e. The lowest BCUT2D eigenvalue weighted by molar-refractivity contribution is -0.120. The first-order valence-electron chi connectivity index (χ1n) is 7.12. The van der Waals surface area contributed by atoms with Crippen molar-refractivity contribution in [1.29, 1.82) is 0 Å². The number of rotatable bonds is 7. The van der Waals surface area contributed by atoms with E-state index >= 15 is 0 Å². The highest BCUT2D eigenvalue weighted by molar-refractivity contribution is 9.10. The van der Waals surface area contributed by atoms with Gasteiger partial charge in [0, 0.05) is 29.5 Å². The van der Waals surface area contributed by atoms with E-state index in [2.05, 4.69) is 39.6 Å². The number of hydrogen-bond acceptors (Lipinski definition) is 3. The Kier molecular flexibility index (Phi) is 5.86. The molecule has 5 heteroatoms. The molecule has 1 aromatic carbocycles. The zero-order chi connectivity index (χ0) is 14.4. The van der Waals surface area contributed by atoms with Gasteiger partial charge in [-0.15, -0.1) is 0 Å². The molecule has 0 radical (unpaired) electrons. The van der Waals surface area contributed by atoms with Gasteiger partial charge in [0.05, 0.1) is 13.2 Å². The van der Waals surface area contributed by atoms with E-state index in [4.69, 9.17) is 4.74 Å².